The van der Waals surface area contributed by atoms with Crippen molar-refractivity contribution in [3.05, 3.63) is 22.8 Å². The van der Waals surface area contributed by atoms with Gasteiger partial charge in [-0.1, -0.05) is 11.6 Å². The van der Waals surface area contributed by atoms with Crippen LogP contribution in [0, 0.1) is 0 Å². The minimum atomic E-state index is 0.0976. The first kappa shape index (κ1) is 11.7. The highest BCUT2D eigenvalue weighted by molar-refractivity contribution is 6.31. The Bertz CT molecular complexity index is 364. The number of halogens is 1. The van der Waals surface area contributed by atoms with Gasteiger partial charge < -0.3 is 10.1 Å². The summed E-state index contributed by atoms with van der Waals surface area (Å²) in [7, 11) is 0. The van der Waals surface area contributed by atoms with Crippen LogP contribution in [0.5, 0.6) is 5.88 Å². The summed E-state index contributed by atoms with van der Waals surface area (Å²) >= 11 is 6.09. The summed E-state index contributed by atoms with van der Waals surface area (Å²) < 4.78 is 5.47. The first-order valence-corrected chi connectivity index (χ1v) is 6.07. The predicted molar refractivity (Wildman–Crippen MR) is 64.9 cm³/mol. The lowest BCUT2D eigenvalue weighted by molar-refractivity contribution is 0.232. The molecule has 0 bridgehead atoms. The highest BCUT2D eigenvalue weighted by Crippen LogP contribution is 2.24. The van der Waals surface area contributed by atoms with E-state index in [-0.39, 0.29) is 6.10 Å². The zero-order chi connectivity index (χ0) is 11.5. The minimum absolute atomic E-state index is 0.0976. The van der Waals surface area contributed by atoms with Crippen molar-refractivity contribution in [3.63, 3.8) is 0 Å². The van der Waals surface area contributed by atoms with Gasteiger partial charge in [-0.3, -0.25) is 0 Å². The molecule has 0 aliphatic heterocycles. The van der Waals surface area contributed by atoms with Crippen LogP contribution >= 0.6 is 11.6 Å². The van der Waals surface area contributed by atoms with E-state index in [9.17, 15) is 0 Å². The second kappa shape index (κ2) is 5.02. The summed E-state index contributed by atoms with van der Waals surface area (Å²) in [5.74, 6) is 0.520. The molecule has 1 aliphatic rings. The van der Waals surface area contributed by atoms with E-state index in [4.69, 9.17) is 16.3 Å². The Morgan fingerprint density at radius 3 is 2.88 bits per heavy atom. The van der Waals surface area contributed by atoms with Gasteiger partial charge in [0.1, 0.15) is 5.02 Å². The molecule has 16 heavy (non-hydrogen) atoms. The molecule has 1 aliphatic carbocycles. The van der Waals surface area contributed by atoms with Gasteiger partial charge in [0.25, 0.3) is 0 Å². The third-order valence-corrected chi connectivity index (χ3v) is 2.65. The zero-order valence-electron chi connectivity index (χ0n) is 9.66. The fourth-order valence-corrected chi connectivity index (χ4v) is 1.65. The number of hydrogen-bond acceptors (Lipinski definition) is 3. The molecule has 0 radical (unpaired) electrons. The van der Waals surface area contributed by atoms with E-state index < -0.39 is 0 Å². The molecule has 0 amide bonds. The Morgan fingerprint density at radius 1 is 1.56 bits per heavy atom. The molecular weight excluding hydrogens is 224 g/mol. The fraction of sp³-hybridized carbons (Fsp3) is 0.583. The molecule has 1 aromatic rings. The van der Waals surface area contributed by atoms with E-state index in [1.165, 1.54) is 12.8 Å². The van der Waals surface area contributed by atoms with Gasteiger partial charge in [0.2, 0.25) is 5.88 Å². The van der Waals surface area contributed by atoms with E-state index in [0.717, 1.165) is 12.1 Å². The SMILES string of the molecule is CC(C)Oc1ncc(CNC2CC2)cc1Cl. The fourth-order valence-electron chi connectivity index (χ4n) is 1.42. The largest absolute Gasteiger partial charge is 0.474 e. The first-order valence-electron chi connectivity index (χ1n) is 5.69. The Kier molecular flexibility index (Phi) is 3.66. The zero-order valence-corrected chi connectivity index (χ0v) is 10.4. The van der Waals surface area contributed by atoms with Crippen LogP contribution in [0.1, 0.15) is 32.3 Å². The number of nitrogens with one attached hydrogen (secondary N) is 1. The van der Waals surface area contributed by atoms with Crippen LogP contribution in [-0.4, -0.2) is 17.1 Å². The smallest absolute Gasteiger partial charge is 0.232 e. The van der Waals surface area contributed by atoms with Gasteiger partial charge in [0.15, 0.2) is 0 Å². The van der Waals surface area contributed by atoms with Crippen molar-refractivity contribution in [3.8, 4) is 5.88 Å². The van der Waals surface area contributed by atoms with Gasteiger partial charge in [-0.15, -0.1) is 0 Å². The van der Waals surface area contributed by atoms with Crippen LogP contribution in [0.3, 0.4) is 0 Å². The van der Waals surface area contributed by atoms with E-state index in [0.29, 0.717) is 16.9 Å². The van der Waals surface area contributed by atoms with Crippen LogP contribution in [0.25, 0.3) is 0 Å². The Hall–Kier alpha value is -0.800. The monoisotopic (exact) mass is 240 g/mol. The van der Waals surface area contributed by atoms with Crippen molar-refractivity contribution < 1.29 is 4.74 Å². The summed E-state index contributed by atoms with van der Waals surface area (Å²) in [4.78, 5) is 4.22. The second-order valence-corrected chi connectivity index (χ2v) is 4.86. The Labute approximate surface area is 101 Å². The molecule has 1 aromatic heterocycles. The van der Waals surface area contributed by atoms with E-state index in [1.54, 1.807) is 0 Å². The lowest BCUT2D eigenvalue weighted by Gasteiger charge is -2.11. The molecule has 1 saturated carbocycles. The molecular formula is C12H17ClN2O. The lowest BCUT2D eigenvalue weighted by atomic mass is 10.3. The summed E-state index contributed by atoms with van der Waals surface area (Å²) in [6.45, 7) is 4.75. The molecule has 0 aromatic carbocycles. The van der Waals surface area contributed by atoms with Crippen molar-refractivity contribution in [2.24, 2.45) is 0 Å². The maximum absolute atomic E-state index is 6.09. The molecule has 2 rings (SSSR count). The quantitative estimate of drug-likeness (QED) is 0.860. The molecule has 1 heterocycles. The number of pyridine rings is 1. The molecule has 0 atom stereocenters. The average Bonchev–Trinajstić information content (AvgIpc) is 3.02. The first-order chi connectivity index (χ1) is 7.65. The van der Waals surface area contributed by atoms with Crippen molar-refractivity contribution in [1.29, 1.82) is 0 Å². The van der Waals surface area contributed by atoms with Crippen molar-refractivity contribution >= 4 is 11.6 Å². The third kappa shape index (κ3) is 3.35. The summed E-state index contributed by atoms with van der Waals surface area (Å²) in [5.41, 5.74) is 1.10. The van der Waals surface area contributed by atoms with Gasteiger partial charge >= 0.3 is 0 Å². The number of rotatable bonds is 5. The number of aromatic nitrogens is 1. The van der Waals surface area contributed by atoms with Gasteiger partial charge in [-0.25, -0.2) is 4.98 Å². The molecule has 4 heteroatoms. The summed E-state index contributed by atoms with van der Waals surface area (Å²) in [6.07, 6.45) is 4.49. The van der Waals surface area contributed by atoms with Crippen LogP contribution in [0.4, 0.5) is 0 Å². The molecule has 3 nitrogen and oxygen atoms in total. The van der Waals surface area contributed by atoms with Crippen LogP contribution in [-0.2, 0) is 6.54 Å². The molecule has 88 valence electrons. The summed E-state index contributed by atoms with van der Waals surface area (Å²) in [6, 6.07) is 2.62. The second-order valence-electron chi connectivity index (χ2n) is 4.45. The highest BCUT2D eigenvalue weighted by atomic mass is 35.5. The topological polar surface area (TPSA) is 34.1 Å². The van der Waals surface area contributed by atoms with Gasteiger partial charge in [0.05, 0.1) is 6.10 Å². The third-order valence-electron chi connectivity index (χ3n) is 2.38. The highest BCUT2D eigenvalue weighted by Gasteiger charge is 2.20. The summed E-state index contributed by atoms with van der Waals surface area (Å²) in [5, 5.41) is 4.01. The average molecular weight is 241 g/mol. The van der Waals surface area contributed by atoms with E-state index >= 15 is 0 Å². The normalized spacial score (nSPS) is 15.5. The molecule has 1 N–H and O–H groups in total. The molecule has 1 fully saturated rings. The van der Waals surface area contributed by atoms with E-state index in [2.05, 4.69) is 10.3 Å². The van der Waals surface area contributed by atoms with Crippen molar-refractivity contribution in [1.82, 2.24) is 10.3 Å². The molecule has 0 spiro atoms. The van der Waals surface area contributed by atoms with Gasteiger partial charge in [0, 0.05) is 18.8 Å². The van der Waals surface area contributed by atoms with Crippen molar-refractivity contribution in [2.75, 3.05) is 0 Å². The minimum Gasteiger partial charge on any atom is -0.474 e. The number of hydrogen-bond donors (Lipinski definition) is 1. The molecule has 0 unspecified atom stereocenters. The number of ether oxygens (including phenoxy) is 1. The van der Waals surface area contributed by atoms with Gasteiger partial charge in [-0.2, -0.15) is 0 Å². The van der Waals surface area contributed by atoms with E-state index in [1.807, 2.05) is 26.1 Å². The van der Waals surface area contributed by atoms with Crippen LogP contribution < -0.4 is 10.1 Å². The Balaban J connectivity index is 1.97. The Morgan fingerprint density at radius 2 is 2.31 bits per heavy atom. The maximum atomic E-state index is 6.09. The number of nitrogens with zero attached hydrogens (tertiary/aromatic N) is 1. The van der Waals surface area contributed by atoms with Crippen molar-refractivity contribution in [2.45, 2.75) is 45.4 Å². The molecule has 0 saturated heterocycles. The lowest BCUT2D eigenvalue weighted by Crippen LogP contribution is -2.15. The van der Waals surface area contributed by atoms with Gasteiger partial charge in [-0.05, 0) is 38.3 Å². The van der Waals surface area contributed by atoms with Crippen LogP contribution in [0.15, 0.2) is 12.3 Å². The van der Waals surface area contributed by atoms with Crippen LogP contribution in [0.2, 0.25) is 5.02 Å². The predicted octanol–water partition coefficient (Wildman–Crippen LogP) is 2.77. The standard InChI is InChI=1S/C12H17ClN2O/c1-8(2)16-12-11(13)5-9(7-15-12)6-14-10-3-4-10/h5,7-8,10,14H,3-4,6H2,1-2H3. The maximum Gasteiger partial charge on any atom is 0.232 e.